The van der Waals surface area contributed by atoms with Crippen LogP contribution in [0.5, 0.6) is 0 Å². The zero-order valence-corrected chi connectivity index (χ0v) is 6.70. The Balaban J connectivity index is 0.000000134. The topological polar surface area (TPSA) is 53.0 Å². The van der Waals surface area contributed by atoms with Gasteiger partial charge in [-0.05, 0) is 12.8 Å². The lowest BCUT2D eigenvalue weighted by Gasteiger charge is -2.00. The molecule has 3 heteroatoms. The molecule has 0 radical (unpaired) electrons. The summed E-state index contributed by atoms with van der Waals surface area (Å²) in [7, 11) is 0. The van der Waals surface area contributed by atoms with Gasteiger partial charge >= 0.3 is 0 Å². The number of rotatable bonds is 1. The Morgan fingerprint density at radius 2 is 1.45 bits per heavy atom. The molecule has 66 valence electrons. The van der Waals surface area contributed by atoms with Gasteiger partial charge in [-0.3, -0.25) is 0 Å². The van der Waals surface area contributed by atoms with E-state index in [0.717, 1.165) is 0 Å². The van der Waals surface area contributed by atoms with Gasteiger partial charge in [0.15, 0.2) is 0 Å². The fourth-order valence-corrected chi connectivity index (χ4v) is 1.38. The van der Waals surface area contributed by atoms with E-state index in [1.807, 2.05) is 0 Å². The van der Waals surface area contributed by atoms with E-state index in [2.05, 4.69) is 0 Å². The molecule has 0 aromatic rings. The van der Waals surface area contributed by atoms with Crippen molar-refractivity contribution in [3.63, 3.8) is 0 Å². The summed E-state index contributed by atoms with van der Waals surface area (Å²) in [6.45, 7) is -0.250. The smallest absolute Gasteiger partial charge is 0.0841 e. The lowest BCUT2D eigenvalue weighted by atomic mass is 10.0. The normalized spacial score (nSPS) is 33.3. The number of ether oxygens (including phenoxy) is 1. The fraction of sp³-hybridized carbons (Fsp3) is 1.00. The Bertz CT molecular complexity index is 93.5. The first kappa shape index (κ1) is 8.97. The minimum Gasteiger partial charge on any atom is -0.394 e. The van der Waals surface area contributed by atoms with Gasteiger partial charge in [-0.1, -0.05) is 12.8 Å². The molecule has 2 N–H and O–H groups in total. The summed E-state index contributed by atoms with van der Waals surface area (Å²) in [6, 6.07) is 0. The Labute approximate surface area is 67.0 Å². The van der Waals surface area contributed by atoms with Crippen LogP contribution in [0.2, 0.25) is 0 Å². The molecule has 2 atom stereocenters. The molecule has 2 aliphatic rings. The highest BCUT2D eigenvalue weighted by Gasteiger charge is 2.39. The number of aliphatic hydroxyl groups is 2. The second kappa shape index (κ2) is 4.70. The molecule has 1 saturated carbocycles. The van der Waals surface area contributed by atoms with E-state index in [1.165, 1.54) is 25.7 Å². The molecule has 1 aliphatic heterocycles. The number of hydrogen-bond donors (Lipinski definition) is 2. The zero-order valence-electron chi connectivity index (χ0n) is 6.70. The third-order valence-electron chi connectivity index (χ3n) is 2.01. The van der Waals surface area contributed by atoms with E-state index < -0.39 is 0 Å². The van der Waals surface area contributed by atoms with Crippen molar-refractivity contribution in [1.82, 2.24) is 0 Å². The Morgan fingerprint density at radius 3 is 1.73 bits per heavy atom. The van der Waals surface area contributed by atoms with Crippen LogP contribution in [-0.2, 0) is 4.74 Å². The number of hydrogen-bond acceptors (Lipinski definition) is 3. The van der Waals surface area contributed by atoms with Crippen molar-refractivity contribution in [2.75, 3.05) is 13.2 Å². The van der Waals surface area contributed by atoms with Crippen LogP contribution in [0.1, 0.15) is 25.7 Å². The van der Waals surface area contributed by atoms with Crippen LogP contribution in [0.3, 0.4) is 0 Å². The van der Waals surface area contributed by atoms with Gasteiger partial charge in [-0.15, -0.1) is 0 Å². The molecule has 0 aromatic carbocycles. The average Bonchev–Trinajstić information content (AvgIpc) is 2.83. The first-order valence-corrected chi connectivity index (χ1v) is 4.25. The van der Waals surface area contributed by atoms with Crippen molar-refractivity contribution in [1.29, 1.82) is 0 Å². The summed E-state index contributed by atoms with van der Waals surface area (Å²) < 4.78 is 5.28. The van der Waals surface area contributed by atoms with Crippen molar-refractivity contribution in [2.24, 2.45) is 0 Å². The summed E-state index contributed by atoms with van der Waals surface area (Å²) >= 11 is 0. The molecule has 2 fully saturated rings. The first-order chi connectivity index (χ1) is 5.38. The molecule has 1 heterocycles. The van der Waals surface area contributed by atoms with Gasteiger partial charge in [-0.2, -0.15) is 0 Å². The SMILES string of the molecule is C1CCC2OC2C1.OCCO. The van der Waals surface area contributed by atoms with Crippen LogP contribution in [0.15, 0.2) is 0 Å². The highest BCUT2D eigenvalue weighted by atomic mass is 16.6. The number of epoxide rings is 1. The Hall–Kier alpha value is -0.120. The molecule has 1 aliphatic carbocycles. The van der Waals surface area contributed by atoms with Crippen LogP contribution in [0.4, 0.5) is 0 Å². The summed E-state index contributed by atoms with van der Waals surface area (Å²) in [5, 5.41) is 15.2. The third kappa shape index (κ3) is 3.18. The van der Waals surface area contributed by atoms with E-state index in [9.17, 15) is 0 Å². The van der Waals surface area contributed by atoms with E-state index in [-0.39, 0.29) is 13.2 Å². The van der Waals surface area contributed by atoms with Crippen LogP contribution in [0, 0.1) is 0 Å². The first-order valence-electron chi connectivity index (χ1n) is 4.25. The molecule has 2 rings (SSSR count). The van der Waals surface area contributed by atoms with E-state index in [0.29, 0.717) is 12.2 Å². The maximum Gasteiger partial charge on any atom is 0.0841 e. The van der Waals surface area contributed by atoms with Crippen molar-refractivity contribution >= 4 is 0 Å². The average molecular weight is 160 g/mol. The number of fused-ring (bicyclic) bond motifs is 1. The van der Waals surface area contributed by atoms with E-state index in [1.54, 1.807) is 0 Å². The molecular weight excluding hydrogens is 144 g/mol. The standard InChI is InChI=1S/C6H10O.C2H6O2/c1-2-4-6-5(3-1)7-6;3-1-2-4/h5-6H,1-4H2;3-4H,1-2H2. The lowest BCUT2D eigenvalue weighted by molar-refractivity contribution is 0.186. The molecule has 3 nitrogen and oxygen atoms in total. The maximum atomic E-state index is 7.62. The fourth-order valence-electron chi connectivity index (χ4n) is 1.38. The van der Waals surface area contributed by atoms with Crippen molar-refractivity contribution < 1.29 is 14.9 Å². The second-order valence-electron chi connectivity index (χ2n) is 2.94. The molecule has 1 saturated heterocycles. The van der Waals surface area contributed by atoms with E-state index >= 15 is 0 Å². The zero-order chi connectivity index (χ0) is 8.10. The van der Waals surface area contributed by atoms with Gasteiger partial charge in [0.25, 0.3) is 0 Å². The molecule has 2 unspecified atom stereocenters. The van der Waals surface area contributed by atoms with Crippen LogP contribution in [0.25, 0.3) is 0 Å². The van der Waals surface area contributed by atoms with Crippen molar-refractivity contribution in [3.8, 4) is 0 Å². The van der Waals surface area contributed by atoms with Crippen molar-refractivity contribution in [2.45, 2.75) is 37.9 Å². The third-order valence-corrected chi connectivity index (χ3v) is 2.01. The molecular formula is C8H16O3. The maximum absolute atomic E-state index is 7.62. The molecule has 0 bridgehead atoms. The molecule has 0 aromatic heterocycles. The van der Waals surface area contributed by atoms with Gasteiger partial charge in [0.05, 0.1) is 25.4 Å². The predicted molar refractivity (Wildman–Crippen MR) is 41.3 cm³/mol. The monoisotopic (exact) mass is 160 g/mol. The van der Waals surface area contributed by atoms with Crippen LogP contribution >= 0.6 is 0 Å². The van der Waals surface area contributed by atoms with Gasteiger partial charge in [0.2, 0.25) is 0 Å². The Kier molecular flexibility index (Phi) is 3.83. The summed E-state index contributed by atoms with van der Waals surface area (Å²) in [5.41, 5.74) is 0. The van der Waals surface area contributed by atoms with Gasteiger partial charge < -0.3 is 14.9 Å². The molecule has 0 spiro atoms. The Morgan fingerprint density at radius 1 is 1.00 bits per heavy atom. The van der Waals surface area contributed by atoms with Gasteiger partial charge in [0, 0.05) is 0 Å². The second-order valence-corrected chi connectivity index (χ2v) is 2.94. The summed E-state index contributed by atoms with van der Waals surface area (Å²) in [5.74, 6) is 0. The summed E-state index contributed by atoms with van der Waals surface area (Å²) in [4.78, 5) is 0. The lowest BCUT2D eigenvalue weighted by Crippen LogP contribution is -2.00. The van der Waals surface area contributed by atoms with Crippen LogP contribution in [-0.4, -0.2) is 35.6 Å². The largest absolute Gasteiger partial charge is 0.394 e. The van der Waals surface area contributed by atoms with E-state index in [4.69, 9.17) is 14.9 Å². The molecule has 11 heavy (non-hydrogen) atoms. The van der Waals surface area contributed by atoms with Gasteiger partial charge in [0.1, 0.15) is 0 Å². The highest BCUT2D eigenvalue weighted by Crippen LogP contribution is 2.35. The predicted octanol–water partition coefficient (Wildman–Crippen LogP) is 0.299. The quantitative estimate of drug-likeness (QED) is 0.542. The van der Waals surface area contributed by atoms with Crippen molar-refractivity contribution in [3.05, 3.63) is 0 Å². The highest BCUT2D eigenvalue weighted by molar-refractivity contribution is 4.87. The summed E-state index contributed by atoms with van der Waals surface area (Å²) in [6.07, 6.45) is 6.89. The van der Waals surface area contributed by atoms with Gasteiger partial charge in [-0.25, -0.2) is 0 Å². The minimum absolute atomic E-state index is 0.125. The van der Waals surface area contributed by atoms with Crippen LogP contribution < -0.4 is 0 Å². The number of aliphatic hydroxyl groups excluding tert-OH is 2. The molecule has 0 amide bonds. The minimum atomic E-state index is -0.125.